The van der Waals surface area contributed by atoms with Crippen LogP contribution in [0.1, 0.15) is 301 Å². The van der Waals surface area contributed by atoms with E-state index in [1.807, 2.05) is 58.6 Å². The first-order chi connectivity index (χ1) is 44.1. The molecule has 12 unspecified atom stereocenters. The van der Waals surface area contributed by atoms with Crippen LogP contribution in [0.5, 0.6) is 0 Å². The molecule has 0 saturated heterocycles. The number of nitrogens with zero attached hydrogens (tertiary/aromatic N) is 1. The number of amides is 1. The average Bonchev–Trinajstić information content (AvgIpc) is 1.72. The van der Waals surface area contributed by atoms with Gasteiger partial charge in [-0.3, -0.25) is 28.8 Å². The quantitative estimate of drug-likeness (QED) is 0.0173. The molecule has 12 atom stereocenters. The van der Waals surface area contributed by atoms with Crippen molar-refractivity contribution >= 4 is 35.4 Å². The number of ketones is 2. The SMILES string of the molecule is CCCCCC1C(=O)CCC1CC(=O)N(CC)CC.CCCCCC1C(=O)CCC1CC(=O)OCC=C(C)C.CCCCCC1C(CC(=O)OC)CCC1(OC)OC.CCCCCC1C(O)CCC1CC(=O)OCC=C(C)C.CCCCCC1C(O)CCC1CCO. The first kappa shape index (κ1) is 86.5. The summed E-state index contributed by atoms with van der Waals surface area (Å²) in [5, 5.41) is 28.8. The van der Waals surface area contributed by atoms with Crippen molar-refractivity contribution in [3.8, 4) is 0 Å². The van der Waals surface area contributed by atoms with Gasteiger partial charge in [0.1, 0.15) is 24.8 Å². The Morgan fingerprint density at radius 3 is 1.29 bits per heavy atom. The highest BCUT2D eigenvalue weighted by molar-refractivity contribution is 5.85. The minimum Gasteiger partial charge on any atom is -0.469 e. The number of carbonyl (C=O) groups is 6. The van der Waals surface area contributed by atoms with Crippen LogP contribution in [-0.2, 0) is 52.5 Å². The number of methoxy groups -OCH3 is 3. The fraction of sp³-hybridized carbons (Fsp3) is 0.870. The van der Waals surface area contributed by atoms with E-state index in [1.54, 1.807) is 14.2 Å². The molecule has 5 aliphatic carbocycles. The van der Waals surface area contributed by atoms with Crippen LogP contribution < -0.4 is 0 Å². The lowest BCUT2D eigenvalue weighted by molar-refractivity contribution is -0.233. The number of esters is 3. The number of hydrogen-bond donors (Lipinski definition) is 3. The van der Waals surface area contributed by atoms with Crippen LogP contribution in [0, 0.1) is 59.2 Å². The number of unbranched alkanes of at least 4 members (excludes halogenated alkanes) is 10. The third-order valence-corrected chi connectivity index (χ3v) is 20.7. The Morgan fingerprint density at radius 1 is 0.478 bits per heavy atom. The van der Waals surface area contributed by atoms with Gasteiger partial charge in [0.2, 0.25) is 5.91 Å². The van der Waals surface area contributed by atoms with Crippen LogP contribution in [0.4, 0.5) is 0 Å². The van der Waals surface area contributed by atoms with E-state index < -0.39 is 5.79 Å². The minimum absolute atomic E-state index is 0.0941. The Hall–Kier alpha value is -3.50. The highest BCUT2D eigenvalue weighted by Gasteiger charge is 2.49. The summed E-state index contributed by atoms with van der Waals surface area (Å²) in [5.74, 6) is 3.04. The van der Waals surface area contributed by atoms with Crippen molar-refractivity contribution in [2.75, 3.05) is 54.2 Å². The van der Waals surface area contributed by atoms with Gasteiger partial charge in [-0.25, -0.2) is 0 Å². The van der Waals surface area contributed by atoms with Crippen molar-refractivity contribution in [3.63, 3.8) is 0 Å². The molecule has 0 spiro atoms. The summed E-state index contributed by atoms with van der Waals surface area (Å²) in [6, 6.07) is 0. The molecule has 15 nitrogen and oxygen atoms in total. The van der Waals surface area contributed by atoms with Gasteiger partial charge in [-0.05, 0) is 179 Å². The predicted molar refractivity (Wildman–Crippen MR) is 371 cm³/mol. The first-order valence-electron chi connectivity index (χ1n) is 37.2. The summed E-state index contributed by atoms with van der Waals surface area (Å²) in [7, 11) is 4.86. The number of rotatable bonds is 38. The van der Waals surface area contributed by atoms with Gasteiger partial charge in [0.05, 0.1) is 19.3 Å². The van der Waals surface area contributed by atoms with Crippen molar-refractivity contribution in [2.24, 2.45) is 59.2 Å². The molecule has 0 bridgehead atoms. The van der Waals surface area contributed by atoms with Crippen molar-refractivity contribution in [2.45, 2.75) is 319 Å². The standard InChI is InChI=1S/C17H30O3.C17H28O3.C16H29NO2.C15H28O4.C12H24O2/c2*1-4-5-6-7-15-14(8-9-16(15)18)12-17(19)20-11-10-13(2)3;1-4-7-8-9-14-13(10-11-15(14)18)12-16(19)17(5-2)6-3;1-5-6-7-8-13-12(11-14(16)17-2)9-10-15(13,18-3)19-4;1-2-3-4-5-11-10(8-9-13)6-7-12(11)14/h10,14-16,18H,4-9,11-12H2,1-3H3;10,14-15H,4-9,11-12H2,1-3H3;13-14H,4-12H2,1-3H3;12-13H,5-11H2,1-4H3;10-14H,2-9H2,1H3. The molecule has 0 aromatic heterocycles. The molecule has 3 N–H and O–H groups in total. The molecule has 0 heterocycles. The number of carbonyl (C=O) groups excluding carboxylic acids is 6. The number of aliphatic hydroxyl groups excluding tert-OH is 3. The van der Waals surface area contributed by atoms with Gasteiger partial charge in [0, 0.05) is 96.6 Å². The van der Waals surface area contributed by atoms with Gasteiger partial charge in [-0.15, -0.1) is 0 Å². The Bertz CT molecular complexity index is 2040. The summed E-state index contributed by atoms with van der Waals surface area (Å²) >= 11 is 0. The first-order valence-corrected chi connectivity index (χ1v) is 37.2. The van der Waals surface area contributed by atoms with Crippen LogP contribution in [-0.4, -0.2) is 128 Å². The highest BCUT2D eigenvalue weighted by Crippen LogP contribution is 2.48. The molecular weight excluding hydrogens is 1160 g/mol. The van der Waals surface area contributed by atoms with Crippen LogP contribution >= 0.6 is 0 Å². The van der Waals surface area contributed by atoms with Crippen LogP contribution in [0.2, 0.25) is 0 Å². The Kier molecular flexibility index (Phi) is 48.6. The number of Topliss-reactive ketones (excluding diaryl/α,β-unsaturated/α-hetero) is 2. The fourth-order valence-corrected chi connectivity index (χ4v) is 15.0. The molecule has 0 radical (unpaired) electrons. The average molecular weight is 1300 g/mol. The number of allylic oxidation sites excluding steroid dienone is 2. The molecule has 536 valence electrons. The van der Waals surface area contributed by atoms with E-state index in [0.29, 0.717) is 92.9 Å². The number of aliphatic hydroxyl groups is 3. The van der Waals surface area contributed by atoms with E-state index in [0.717, 1.165) is 146 Å². The van der Waals surface area contributed by atoms with Gasteiger partial charge >= 0.3 is 17.9 Å². The molecule has 0 aromatic carbocycles. The predicted octanol–water partition coefficient (Wildman–Crippen LogP) is 16.8. The molecule has 92 heavy (non-hydrogen) atoms. The van der Waals surface area contributed by atoms with Crippen molar-refractivity contribution in [1.82, 2.24) is 4.90 Å². The molecule has 0 aliphatic heterocycles. The van der Waals surface area contributed by atoms with Gasteiger partial charge in [-0.1, -0.05) is 142 Å². The van der Waals surface area contributed by atoms with Crippen molar-refractivity contribution < 1.29 is 67.8 Å². The maximum absolute atomic E-state index is 12.2. The lowest BCUT2D eigenvalue weighted by Crippen LogP contribution is -2.40. The molecule has 5 aliphatic rings. The van der Waals surface area contributed by atoms with Crippen LogP contribution in [0.3, 0.4) is 0 Å². The molecule has 0 aromatic rings. The maximum atomic E-state index is 12.2. The molecule has 5 saturated carbocycles. The topological polar surface area (TPSA) is 212 Å². The second-order valence-electron chi connectivity index (χ2n) is 27.9. The number of ether oxygens (including phenoxy) is 5. The van der Waals surface area contributed by atoms with E-state index in [1.165, 1.54) is 71.3 Å². The summed E-state index contributed by atoms with van der Waals surface area (Å²) in [6.07, 6.45) is 38.1. The lowest BCUT2D eigenvalue weighted by Gasteiger charge is -2.35. The second kappa shape index (κ2) is 51.7. The van der Waals surface area contributed by atoms with Crippen LogP contribution in [0.15, 0.2) is 23.3 Å². The summed E-state index contributed by atoms with van der Waals surface area (Å²) in [5.41, 5.74) is 2.30. The lowest BCUT2D eigenvalue weighted by atomic mass is 9.85. The zero-order valence-corrected chi connectivity index (χ0v) is 61.1. The van der Waals surface area contributed by atoms with Crippen molar-refractivity contribution in [3.05, 3.63) is 23.3 Å². The van der Waals surface area contributed by atoms with Crippen molar-refractivity contribution in [1.29, 1.82) is 0 Å². The van der Waals surface area contributed by atoms with E-state index in [4.69, 9.17) is 28.8 Å². The normalized spacial score (nSPS) is 25.2. The summed E-state index contributed by atoms with van der Waals surface area (Å²) in [6.45, 7) is 25.4. The van der Waals surface area contributed by atoms with Gasteiger partial charge in [0.15, 0.2) is 5.79 Å². The Labute approximate surface area is 561 Å². The van der Waals surface area contributed by atoms with Gasteiger partial charge < -0.3 is 43.9 Å². The molecule has 5 fully saturated rings. The van der Waals surface area contributed by atoms with E-state index in [9.17, 15) is 39.0 Å². The third-order valence-electron chi connectivity index (χ3n) is 20.7. The zero-order valence-electron chi connectivity index (χ0n) is 61.1. The summed E-state index contributed by atoms with van der Waals surface area (Å²) in [4.78, 5) is 73.0. The zero-order chi connectivity index (χ0) is 68.9. The van der Waals surface area contributed by atoms with Gasteiger partial charge in [0.25, 0.3) is 0 Å². The van der Waals surface area contributed by atoms with Gasteiger partial charge in [-0.2, -0.15) is 0 Å². The smallest absolute Gasteiger partial charge is 0.306 e. The van der Waals surface area contributed by atoms with E-state index >= 15 is 0 Å². The van der Waals surface area contributed by atoms with E-state index in [2.05, 4.69) is 34.6 Å². The third kappa shape index (κ3) is 33.9. The summed E-state index contributed by atoms with van der Waals surface area (Å²) < 4.78 is 26.6. The molecule has 15 heteroatoms. The molecular formula is C77H139NO14. The highest BCUT2D eigenvalue weighted by atomic mass is 16.7. The number of hydrogen-bond acceptors (Lipinski definition) is 14. The van der Waals surface area contributed by atoms with E-state index in [-0.39, 0.29) is 72.2 Å². The largest absolute Gasteiger partial charge is 0.469 e. The maximum Gasteiger partial charge on any atom is 0.306 e. The fourth-order valence-electron chi connectivity index (χ4n) is 15.0. The molecule has 1 amide bonds. The Balaban J connectivity index is 0.000000578. The van der Waals surface area contributed by atoms with Crippen LogP contribution in [0.25, 0.3) is 0 Å². The molecule has 5 rings (SSSR count). The second-order valence-corrected chi connectivity index (χ2v) is 27.9. The Morgan fingerprint density at radius 2 is 0.880 bits per heavy atom. The monoisotopic (exact) mass is 1300 g/mol. The minimum atomic E-state index is -0.508.